The van der Waals surface area contributed by atoms with Crippen molar-refractivity contribution in [2.75, 3.05) is 23.4 Å². The zero-order valence-corrected chi connectivity index (χ0v) is 15.9. The van der Waals surface area contributed by atoms with Gasteiger partial charge in [0.15, 0.2) is 0 Å². The quantitative estimate of drug-likeness (QED) is 0.697. The Morgan fingerprint density at radius 3 is 2.75 bits per heavy atom. The van der Waals surface area contributed by atoms with E-state index < -0.39 is 0 Å². The van der Waals surface area contributed by atoms with E-state index >= 15 is 0 Å². The number of rotatable bonds is 5. The Labute approximate surface area is 165 Å². The molecule has 0 saturated heterocycles. The average molecular weight is 373 g/mol. The molecule has 3 aromatic rings. The zero-order chi connectivity index (χ0) is 19.3. The Hall–Kier alpha value is -3.34. The predicted octanol–water partition coefficient (Wildman–Crippen LogP) is 4.82. The van der Waals surface area contributed by atoms with Gasteiger partial charge in [-0.25, -0.2) is 4.98 Å². The number of carbonyl (C=O) groups is 1. The van der Waals surface area contributed by atoms with Crippen LogP contribution >= 0.6 is 0 Å². The normalized spacial score (nSPS) is 13.0. The fourth-order valence-electron chi connectivity index (χ4n) is 3.48. The number of carbonyl (C=O) groups excluding carboxylic acids is 1. The zero-order valence-electron chi connectivity index (χ0n) is 15.9. The van der Waals surface area contributed by atoms with Crippen molar-refractivity contribution in [1.82, 2.24) is 4.98 Å². The lowest BCUT2D eigenvalue weighted by Crippen LogP contribution is -2.35. The van der Waals surface area contributed by atoms with E-state index in [9.17, 15) is 4.79 Å². The second-order valence-corrected chi connectivity index (χ2v) is 6.68. The van der Waals surface area contributed by atoms with Gasteiger partial charge < -0.3 is 15.0 Å². The van der Waals surface area contributed by atoms with Crippen LogP contribution < -0.4 is 15.0 Å². The summed E-state index contributed by atoms with van der Waals surface area (Å²) in [6.07, 6.45) is 3.66. The van der Waals surface area contributed by atoms with Gasteiger partial charge in [0.05, 0.1) is 24.2 Å². The molecular formula is C23H23N3O2. The van der Waals surface area contributed by atoms with E-state index in [1.165, 1.54) is 5.56 Å². The Bertz CT molecular complexity index is 970. The third-order valence-corrected chi connectivity index (χ3v) is 4.80. The van der Waals surface area contributed by atoms with Crippen LogP contribution in [-0.2, 0) is 6.42 Å². The molecule has 0 unspecified atom stereocenters. The molecule has 2 heterocycles. The third-order valence-electron chi connectivity index (χ3n) is 4.80. The molecule has 0 atom stereocenters. The summed E-state index contributed by atoms with van der Waals surface area (Å²) in [5.41, 5.74) is 4.33. The standard InChI is InChI=1S/C23H23N3O2/c1-2-28-22-12-6-4-10-19(22)25-18-13-14-20(24-16-18)23(27)26-15-7-9-17-8-3-5-11-21(17)26/h3-6,8,10-14,16,25H,2,7,9,15H2,1H3. The molecule has 1 aromatic heterocycles. The van der Waals surface area contributed by atoms with Crippen LogP contribution in [0.2, 0.25) is 0 Å². The number of nitrogens with zero attached hydrogens (tertiary/aromatic N) is 2. The minimum absolute atomic E-state index is 0.0617. The largest absolute Gasteiger partial charge is 0.492 e. The van der Waals surface area contributed by atoms with Gasteiger partial charge in [0, 0.05) is 12.2 Å². The van der Waals surface area contributed by atoms with Gasteiger partial charge in [-0.15, -0.1) is 0 Å². The summed E-state index contributed by atoms with van der Waals surface area (Å²) in [6.45, 7) is 3.28. The minimum atomic E-state index is -0.0617. The molecular weight excluding hydrogens is 350 g/mol. The number of hydrogen-bond donors (Lipinski definition) is 1. The van der Waals surface area contributed by atoms with E-state index in [-0.39, 0.29) is 5.91 Å². The Morgan fingerprint density at radius 2 is 1.93 bits per heavy atom. The van der Waals surface area contributed by atoms with Gasteiger partial charge in [-0.05, 0) is 55.7 Å². The van der Waals surface area contributed by atoms with Crippen LogP contribution in [0.25, 0.3) is 0 Å². The number of fused-ring (bicyclic) bond motifs is 1. The van der Waals surface area contributed by atoms with E-state index in [0.717, 1.165) is 42.2 Å². The maximum atomic E-state index is 13.0. The highest BCUT2D eigenvalue weighted by atomic mass is 16.5. The van der Waals surface area contributed by atoms with E-state index in [4.69, 9.17) is 4.74 Å². The van der Waals surface area contributed by atoms with Gasteiger partial charge in [0.25, 0.3) is 5.91 Å². The second kappa shape index (κ2) is 8.13. The minimum Gasteiger partial charge on any atom is -0.492 e. The summed E-state index contributed by atoms with van der Waals surface area (Å²) >= 11 is 0. The predicted molar refractivity (Wildman–Crippen MR) is 112 cm³/mol. The highest BCUT2D eigenvalue weighted by Gasteiger charge is 2.24. The van der Waals surface area contributed by atoms with Crippen molar-refractivity contribution in [3.05, 3.63) is 78.1 Å². The molecule has 1 aliphatic rings. The molecule has 0 radical (unpaired) electrons. The topological polar surface area (TPSA) is 54.5 Å². The molecule has 2 aromatic carbocycles. The monoisotopic (exact) mass is 373 g/mol. The fraction of sp³-hybridized carbons (Fsp3) is 0.217. The first-order chi connectivity index (χ1) is 13.8. The fourth-order valence-corrected chi connectivity index (χ4v) is 3.48. The Balaban J connectivity index is 1.52. The van der Waals surface area contributed by atoms with Gasteiger partial charge in [0.2, 0.25) is 0 Å². The smallest absolute Gasteiger partial charge is 0.276 e. The van der Waals surface area contributed by atoms with Crippen molar-refractivity contribution < 1.29 is 9.53 Å². The van der Waals surface area contributed by atoms with Crippen molar-refractivity contribution in [2.45, 2.75) is 19.8 Å². The number of aryl methyl sites for hydroxylation is 1. The van der Waals surface area contributed by atoms with Crippen LogP contribution in [0.1, 0.15) is 29.4 Å². The summed E-state index contributed by atoms with van der Waals surface area (Å²) in [4.78, 5) is 19.2. The summed E-state index contributed by atoms with van der Waals surface area (Å²) in [7, 11) is 0. The van der Waals surface area contributed by atoms with Gasteiger partial charge in [0.1, 0.15) is 11.4 Å². The van der Waals surface area contributed by atoms with Crippen molar-refractivity contribution in [1.29, 1.82) is 0 Å². The van der Waals surface area contributed by atoms with Crippen molar-refractivity contribution >= 4 is 23.0 Å². The highest BCUT2D eigenvalue weighted by molar-refractivity contribution is 6.05. The van der Waals surface area contributed by atoms with Crippen LogP contribution in [0.15, 0.2) is 66.9 Å². The Morgan fingerprint density at radius 1 is 1.11 bits per heavy atom. The highest BCUT2D eigenvalue weighted by Crippen LogP contribution is 2.29. The summed E-state index contributed by atoms with van der Waals surface area (Å²) < 4.78 is 5.64. The van der Waals surface area contributed by atoms with E-state index in [0.29, 0.717) is 12.3 Å². The first-order valence-electron chi connectivity index (χ1n) is 9.61. The average Bonchev–Trinajstić information content (AvgIpc) is 2.75. The first kappa shape index (κ1) is 18.0. The molecule has 0 aliphatic carbocycles. The molecule has 1 amide bonds. The summed E-state index contributed by atoms with van der Waals surface area (Å²) in [5.74, 6) is 0.725. The van der Waals surface area contributed by atoms with Crippen LogP contribution in [0.4, 0.5) is 17.1 Å². The first-order valence-corrected chi connectivity index (χ1v) is 9.61. The molecule has 4 rings (SSSR count). The maximum absolute atomic E-state index is 13.0. The number of anilines is 3. The van der Waals surface area contributed by atoms with Crippen molar-refractivity contribution in [3.63, 3.8) is 0 Å². The molecule has 0 fully saturated rings. The van der Waals surface area contributed by atoms with Crippen LogP contribution in [0.3, 0.4) is 0 Å². The summed E-state index contributed by atoms with van der Waals surface area (Å²) in [5, 5.41) is 3.31. The molecule has 1 aliphatic heterocycles. The van der Waals surface area contributed by atoms with Gasteiger partial charge in [-0.3, -0.25) is 4.79 Å². The lowest BCUT2D eigenvalue weighted by Gasteiger charge is -2.29. The van der Waals surface area contributed by atoms with E-state index in [1.54, 1.807) is 12.3 Å². The Kier molecular flexibility index (Phi) is 5.24. The van der Waals surface area contributed by atoms with Crippen LogP contribution in [0, 0.1) is 0 Å². The maximum Gasteiger partial charge on any atom is 0.276 e. The van der Waals surface area contributed by atoms with E-state index in [1.807, 2.05) is 60.4 Å². The molecule has 5 nitrogen and oxygen atoms in total. The van der Waals surface area contributed by atoms with Crippen LogP contribution in [0.5, 0.6) is 5.75 Å². The van der Waals surface area contributed by atoms with Crippen molar-refractivity contribution in [2.24, 2.45) is 0 Å². The van der Waals surface area contributed by atoms with Crippen molar-refractivity contribution in [3.8, 4) is 5.75 Å². The number of para-hydroxylation sites is 3. The molecule has 0 saturated carbocycles. The van der Waals surface area contributed by atoms with Gasteiger partial charge in [-0.2, -0.15) is 0 Å². The molecule has 142 valence electrons. The molecule has 28 heavy (non-hydrogen) atoms. The number of benzene rings is 2. The SMILES string of the molecule is CCOc1ccccc1Nc1ccc(C(=O)N2CCCc3ccccc32)nc1. The van der Waals surface area contributed by atoms with E-state index in [2.05, 4.69) is 16.4 Å². The lowest BCUT2D eigenvalue weighted by atomic mass is 10.0. The molecule has 0 bridgehead atoms. The third kappa shape index (κ3) is 3.69. The number of aromatic nitrogens is 1. The lowest BCUT2D eigenvalue weighted by molar-refractivity contribution is 0.0980. The molecule has 5 heteroatoms. The number of amides is 1. The van der Waals surface area contributed by atoms with Crippen LogP contribution in [-0.4, -0.2) is 24.0 Å². The number of ether oxygens (including phenoxy) is 1. The molecule has 1 N–H and O–H groups in total. The number of pyridine rings is 1. The number of nitrogens with one attached hydrogen (secondary N) is 1. The number of hydrogen-bond acceptors (Lipinski definition) is 4. The molecule has 0 spiro atoms. The van der Waals surface area contributed by atoms with Gasteiger partial charge >= 0.3 is 0 Å². The second-order valence-electron chi connectivity index (χ2n) is 6.68. The summed E-state index contributed by atoms with van der Waals surface area (Å²) in [6, 6.07) is 19.5. The van der Waals surface area contributed by atoms with Gasteiger partial charge in [-0.1, -0.05) is 30.3 Å².